The molecule has 290 valence electrons. The van der Waals surface area contributed by atoms with Gasteiger partial charge in [0.25, 0.3) is 0 Å². The highest BCUT2D eigenvalue weighted by molar-refractivity contribution is 5.89. The van der Waals surface area contributed by atoms with Crippen LogP contribution in [0, 0.1) is 0 Å². The quantitative estimate of drug-likeness (QED) is 0.0340. The lowest BCUT2D eigenvalue weighted by atomic mass is 10.0. The van der Waals surface area contributed by atoms with E-state index in [1.54, 1.807) is 24.3 Å². The molecule has 0 saturated carbocycles. The van der Waals surface area contributed by atoms with Crippen LogP contribution in [0.15, 0.2) is 48.5 Å². The molecule has 2 rings (SSSR count). The minimum Gasteiger partial charge on any atom is -0.432 e. The minimum absolute atomic E-state index is 0.177. The lowest BCUT2D eigenvalue weighted by Gasteiger charge is -2.06. The van der Waals surface area contributed by atoms with E-state index in [4.69, 9.17) is 9.47 Å². The Kier molecular flexibility index (Phi) is 24.9. The summed E-state index contributed by atoms with van der Waals surface area (Å²) in [4.78, 5) is 65.1. The van der Waals surface area contributed by atoms with E-state index in [2.05, 4.69) is 43.5 Å². The number of hydrogen-bond acceptors (Lipinski definition) is 12. The Hall–Kier alpha value is -4.16. The first-order chi connectivity index (χ1) is 25.4. The van der Waals surface area contributed by atoms with Gasteiger partial charge < -0.3 is 9.47 Å². The van der Waals surface area contributed by atoms with Gasteiger partial charge in [0.05, 0.1) is 34.4 Å². The summed E-state index contributed by atoms with van der Waals surface area (Å²) in [6.07, 6.45) is 18.7. The third-order valence-electron chi connectivity index (χ3n) is 8.42. The molecular formula is C40H58O12. The van der Waals surface area contributed by atoms with E-state index in [9.17, 15) is 19.2 Å². The van der Waals surface area contributed by atoms with Gasteiger partial charge in [0, 0.05) is 0 Å². The molecule has 0 radical (unpaired) electrons. The maximum absolute atomic E-state index is 12.0. The average Bonchev–Trinajstić information content (AvgIpc) is 3.15. The van der Waals surface area contributed by atoms with Gasteiger partial charge >= 0.3 is 24.2 Å². The second kappa shape index (κ2) is 29.4. The minimum atomic E-state index is -1.07. The zero-order valence-corrected chi connectivity index (χ0v) is 31.1. The zero-order valence-electron chi connectivity index (χ0n) is 31.1. The van der Waals surface area contributed by atoms with Crippen molar-refractivity contribution in [3.63, 3.8) is 0 Å². The number of aryl methyl sites for hydroxylation is 2. The summed E-state index contributed by atoms with van der Waals surface area (Å²) in [6, 6.07) is 14.1. The van der Waals surface area contributed by atoms with E-state index in [-0.39, 0.29) is 24.3 Å². The molecule has 0 amide bonds. The van der Waals surface area contributed by atoms with E-state index in [0.29, 0.717) is 12.8 Å². The van der Waals surface area contributed by atoms with Crippen LogP contribution in [0.3, 0.4) is 0 Å². The van der Waals surface area contributed by atoms with Crippen LogP contribution in [0.5, 0.6) is 0 Å². The smallest absolute Gasteiger partial charge is 0.432 e. The number of carbonyl (C=O) groups excluding carboxylic acids is 4. The summed E-state index contributed by atoms with van der Waals surface area (Å²) in [5.74, 6) is -1.54. The number of benzene rings is 2. The molecule has 52 heavy (non-hydrogen) atoms. The largest absolute Gasteiger partial charge is 0.543 e. The molecule has 0 fully saturated rings. The summed E-state index contributed by atoms with van der Waals surface area (Å²) in [7, 11) is 0. The van der Waals surface area contributed by atoms with E-state index in [1.807, 2.05) is 24.3 Å². The SMILES string of the molecule is CCCCCCc1ccc(C(=O)OOOC(=O)OCCCCCCCCCCCCOC(=O)OOOC(=O)c2ccc(CCCCCC)cc2)cc1. The topological polar surface area (TPSA) is 142 Å². The summed E-state index contributed by atoms with van der Waals surface area (Å²) < 4.78 is 9.85. The predicted octanol–water partition coefficient (Wildman–Crippen LogP) is 10.8. The molecule has 2 aromatic carbocycles. The summed E-state index contributed by atoms with van der Waals surface area (Å²) in [6.45, 7) is 4.70. The van der Waals surface area contributed by atoms with Gasteiger partial charge in [-0.05, 0) is 73.9 Å². The van der Waals surface area contributed by atoms with Crippen LogP contribution in [0.25, 0.3) is 0 Å². The number of ether oxygens (including phenoxy) is 2. The Balaban J connectivity index is 1.33. The fourth-order valence-corrected chi connectivity index (χ4v) is 5.35. The van der Waals surface area contributed by atoms with Crippen molar-refractivity contribution in [2.45, 2.75) is 142 Å². The highest BCUT2D eigenvalue weighted by Gasteiger charge is 2.14. The third kappa shape index (κ3) is 21.9. The van der Waals surface area contributed by atoms with Gasteiger partial charge in [-0.2, -0.15) is 0 Å². The van der Waals surface area contributed by atoms with Crippen molar-refractivity contribution in [2.24, 2.45) is 0 Å². The van der Waals surface area contributed by atoms with Gasteiger partial charge in [0.2, 0.25) is 0 Å². The predicted molar refractivity (Wildman–Crippen MR) is 193 cm³/mol. The molecule has 0 aliphatic heterocycles. The van der Waals surface area contributed by atoms with Crippen LogP contribution in [-0.2, 0) is 51.9 Å². The van der Waals surface area contributed by atoms with Crippen molar-refractivity contribution in [3.8, 4) is 0 Å². The first-order valence-corrected chi connectivity index (χ1v) is 19.0. The molecule has 0 atom stereocenters. The van der Waals surface area contributed by atoms with Gasteiger partial charge in [-0.3, -0.25) is 9.78 Å². The van der Waals surface area contributed by atoms with Gasteiger partial charge in [0.1, 0.15) is 0 Å². The summed E-state index contributed by atoms with van der Waals surface area (Å²) in [5.41, 5.74) is 2.87. The number of unbranched alkanes of at least 4 members (excludes halogenated alkanes) is 15. The first-order valence-electron chi connectivity index (χ1n) is 19.0. The van der Waals surface area contributed by atoms with Crippen LogP contribution >= 0.6 is 0 Å². The maximum Gasteiger partial charge on any atom is 0.543 e. The van der Waals surface area contributed by atoms with Crippen molar-refractivity contribution in [1.82, 2.24) is 0 Å². The Morgan fingerprint density at radius 1 is 0.404 bits per heavy atom. The van der Waals surface area contributed by atoms with Crippen LogP contribution in [0.2, 0.25) is 0 Å². The number of rotatable bonds is 29. The van der Waals surface area contributed by atoms with Crippen molar-refractivity contribution < 1.29 is 58.3 Å². The Morgan fingerprint density at radius 3 is 1.08 bits per heavy atom. The van der Waals surface area contributed by atoms with Crippen molar-refractivity contribution in [2.75, 3.05) is 13.2 Å². The van der Waals surface area contributed by atoms with Crippen LogP contribution < -0.4 is 0 Å². The maximum atomic E-state index is 12.0. The highest BCUT2D eigenvalue weighted by Crippen LogP contribution is 2.14. The van der Waals surface area contributed by atoms with Gasteiger partial charge in [-0.25, -0.2) is 29.0 Å². The monoisotopic (exact) mass is 730 g/mol. The fourth-order valence-electron chi connectivity index (χ4n) is 5.35. The van der Waals surface area contributed by atoms with Crippen LogP contribution in [-0.4, -0.2) is 37.5 Å². The van der Waals surface area contributed by atoms with E-state index in [1.165, 1.54) is 38.5 Å². The fraction of sp³-hybridized carbons (Fsp3) is 0.600. The average molecular weight is 731 g/mol. The molecule has 0 aliphatic carbocycles. The third-order valence-corrected chi connectivity index (χ3v) is 8.42. The van der Waals surface area contributed by atoms with E-state index in [0.717, 1.165) is 88.2 Å². The van der Waals surface area contributed by atoms with Gasteiger partial charge in [-0.15, -0.1) is 0 Å². The molecule has 0 saturated heterocycles. The molecule has 0 aromatic heterocycles. The van der Waals surface area contributed by atoms with Crippen LogP contribution in [0.4, 0.5) is 9.59 Å². The first kappa shape index (κ1) is 44.0. The normalized spacial score (nSPS) is 10.7. The summed E-state index contributed by atoms with van der Waals surface area (Å²) in [5, 5.41) is 8.57. The molecule has 0 unspecified atom stereocenters. The molecule has 0 spiro atoms. The second-order valence-corrected chi connectivity index (χ2v) is 12.8. The molecule has 12 nitrogen and oxygen atoms in total. The molecule has 0 aliphatic rings. The summed E-state index contributed by atoms with van der Waals surface area (Å²) >= 11 is 0. The van der Waals surface area contributed by atoms with E-state index >= 15 is 0 Å². The van der Waals surface area contributed by atoms with E-state index < -0.39 is 24.2 Å². The Morgan fingerprint density at radius 2 is 0.731 bits per heavy atom. The molecule has 12 heteroatoms. The second-order valence-electron chi connectivity index (χ2n) is 12.8. The Labute approximate surface area is 308 Å². The molecule has 0 bridgehead atoms. The molecule has 0 N–H and O–H groups in total. The number of carbonyl (C=O) groups is 4. The van der Waals surface area contributed by atoms with Crippen molar-refractivity contribution in [3.05, 3.63) is 70.8 Å². The lowest BCUT2D eigenvalue weighted by Crippen LogP contribution is -2.12. The highest BCUT2D eigenvalue weighted by atomic mass is 17.5. The standard InChI is InChI=1S/C40H58O12/c1-3-5-7-17-21-33-23-27-35(28-24-33)37(41)47-51-49-39(43)45-31-19-15-13-11-9-10-12-14-16-20-32-46-40(44)50-52-48-38(42)36-29-25-34(26-30-36)22-18-8-6-4-2/h23-30H,3-22,31-32H2,1-2H3. The van der Waals surface area contributed by atoms with Crippen molar-refractivity contribution in [1.29, 1.82) is 0 Å². The van der Waals surface area contributed by atoms with Crippen LogP contribution in [0.1, 0.15) is 161 Å². The van der Waals surface area contributed by atoms with Gasteiger partial charge in [-0.1, -0.05) is 128 Å². The molecule has 0 heterocycles. The van der Waals surface area contributed by atoms with Crippen molar-refractivity contribution >= 4 is 24.2 Å². The van der Waals surface area contributed by atoms with Gasteiger partial charge in [0.15, 0.2) is 0 Å². The molecule has 2 aromatic rings. The Bertz CT molecular complexity index is 1150. The molecular weight excluding hydrogens is 672 g/mol. The zero-order chi connectivity index (χ0) is 37.5. The number of hydrogen-bond donors (Lipinski definition) is 0. The lowest BCUT2D eigenvalue weighted by molar-refractivity contribution is -0.452.